The van der Waals surface area contributed by atoms with Gasteiger partial charge < -0.3 is 20.8 Å². The van der Waals surface area contributed by atoms with Gasteiger partial charge in [-0.25, -0.2) is 4.39 Å². The summed E-state index contributed by atoms with van der Waals surface area (Å²) >= 11 is 1.12. The third-order valence-corrected chi connectivity index (χ3v) is 4.60. The molecule has 0 bridgehead atoms. The van der Waals surface area contributed by atoms with Crippen LogP contribution in [0.15, 0.2) is 18.2 Å². The van der Waals surface area contributed by atoms with E-state index in [1.165, 1.54) is 11.0 Å². The maximum atomic E-state index is 13.7. The number of carbonyl (C=O) groups excluding carboxylic acids is 1. The molecule has 1 amide bonds. The first-order valence-electron chi connectivity index (χ1n) is 6.11. The maximum Gasteiger partial charge on any atom is 0.266 e. The molecule has 1 fully saturated rings. The van der Waals surface area contributed by atoms with Crippen LogP contribution in [0.5, 0.6) is 0 Å². The molecule has 3 rings (SSSR count). The highest BCUT2D eigenvalue weighted by Crippen LogP contribution is 2.36. The van der Waals surface area contributed by atoms with Crippen molar-refractivity contribution in [3.8, 4) is 0 Å². The van der Waals surface area contributed by atoms with Gasteiger partial charge in [-0.2, -0.15) is 0 Å². The number of anilines is 1. The van der Waals surface area contributed by atoms with Crippen molar-refractivity contribution < 1.29 is 19.4 Å². The number of nitrogen functional groups attached to an aromatic ring is 1. The van der Waals surface area contributed by atoms with Gasteiger partial charge in [-0.05, 0) is 12.1 Å². The molecule has 2 aromatic rings. The smallest absolute Gasteiger partial charge is 0.266 e. The standard InChI is InChI=1S/C13H13FN2O3S/c14-6-2-1-3-9-10(6)11(15)12(20-9)13(19)16-4-7(17)8(18)5-16/h1-3,7-8,17-18H,4-5,15H2. The number of nitrogens with two attached hydrogens (primary N) is 1. The van der Waals surface area contributed by atoms with Crippen molar-refractivity contribution in [2.45, 2.75) is 12.2 Å². The highest BCUT2D eigenvalue weighted by atomic mass is 32.1. The Morgan fingerprint density at radius 2 is 2.00 bits per heavy atom. The summed E-state index contributed by atoms with van der Waals surface area (Å²) in [6.45, 7) is 0.104. The summed E-state index contributed by atoms with van der Waals surface area (Å²) in [6.07, 6.45) is -1.91. The Balaban J connectivity index is 2.01. The fourth-order valence-corrected chi connectivity index (χ4v) is 3.47. The quantitative estimate of drug-likeness (QED) is 0.726. The highest BCUT2D eigenvalue weighted by Gasteiger charge is 2.34. The second-order valence-electron chi connectivity index (χ2n) is 4.80. The monoisotopic (exact) mass is 296 g/mol. The van der Waals surface area contributed by atoms with Crippen LogP contribution >= 0.6 is 11.3 Å². The van der Waals surface area contributed by atoms with E-state index in [0.717, 1.165) is 11.3 Å². The number of benzene rings is 1. The number of nitrogens with zero attached hydrogens (tertiary/aromatic N) is 1. The summed E-state index contributed by atoms with van der Waals surface area (Å²) in [7, 11) is 0. The summed E-state index contributed by atoms with van der Waals surface area (Å²) in [6, 6.07) is 4.55. The lowest BCUT2D eigenvalue weighted by Crippen LogP contribution is -2.29. The minimum absolute atomic E-state index is 0.0518. The van der Waals surface area contributed by atoms with Gasteiger partial charge in [0.15, 0.2) is 0 Å². The topological polar surface area (TPSA) is 86.8 Å². The van der Waals surface area contributed by atoms with Crippen molar-refractivity contribution in [1.82, 2.24) is 4.90 Å². The van der Waals surface area contributed by atoms with Gasteiger partial charge >= 0.3 is 0 Å². The molecular weight excluding hydrogens is 283 g/mol. The lowest BCUT2D eigenvalue weighted by atomic mass is 10.2. The summed E-state index contributed by atoms with van der Waals surface area (Å²) in [5.74, 6) is -0.851. The van der Waals surface area contributed by atoms with Crippen LogP contribution < -0.4 is 5.73 Å². The number of likely N-dealkylation sites (tertiary alicyclic amines) is 1. The average molecular weight is 296 g/mol. The molecule has 0 aliphatic carbocycles. The van der Waals surface area contributed by atoms with Crippen LogP contribution in [0.25, 0.3) is 10.1 Å². The third kappa shape index (κ3) is 1.94. The zero-order valence-electron chi connectivity index (χ0n) is 10.4. The Bertz CT molecular complexity index is 678. The zero-order chi connectivity index (χ0) is 14.4. The van der Waals surface area contributed by atoms with E-state index in [4.69, 9.17) is 5.73 Å². The largest absolute Gasteiger partial charge is 0.397 e. The number of halogens is 1. The van der Waals surface area contributed by atoms with Crippen molar-refractivity contribution in [3.05, 3.63) is 28.9 Å². The molecule has 1 saturated heterocycles. The number of hydrogen-bond donors (Lipinski definition) is 3. The van der Waals surface area contributed by atoms with Gasteiger partial charge in [0.25, 0.3) is 5.91 Å². The number of hydrogen-bond acceptors (Lipinski definition) is 5. The number of fused-ring (bicyclic) bond motifs is 1. The van der Waals surface area contributed by atoms with Gasteiger partial charge in [0.1, 0.15) is 10.7 Å². The molecule has 0 spiro atoms. The summed E-state index contributed by atoms with van der Waals surface area (Å²) in [4.78, 5) is 13.9. The molecular formula is C13H13FN2O3S. The SMILES string of the molecule is Nc1c(C(=O)N2CC(O)C(O)C2)sc2cccc(F)c12. The second-order valence-corrected chi connectivity index (χ2v) is 5.85. The van der Waals surface area contributed by atoms with Crippen molar-refractivity contribution in [2.24, 2.45) is 0 Å². The predicted octanol–water partition coefficient (Wildman–Crippen LogP) is 0.800. The first kappa shape index (κ1) is 13.3. The molecule has 2 atom stereocenters. The second kappa shape index (κ2) is 4.69. The average Bonchev–Trinajstić information content (AvgIpc) is 2.91. The number of thiophene rings is 1. The maximum absolute atomic E-state index is 13.7. The molecule has 7 heteroatoms. The Hall–Kier alpha value is -1.70. The summed E-state index contributed by atoms with van der Waals surface area (Å²) < 4.78 is 14.3. The fraction of sp³-hybridized carbons (Fsp3) is 0.308. The van der Waals surface area contributed by atoms with E-state index in [2.05, 4.69) is 0 Å². The minimum Gasteiger partial charge on any atom is -0.397 e. The van der Waals surface area contributed by atoms with Crippen LogP contribution in [0.3, 0.4) is 0 Å². The molecule has 1 aliphatic heterocycles. The normalized spacial score (nSPS) is 22.6. The molecule has 0 saturated carbocycles. The van der Waals surface area contributed by atoms with Crippen molar-refractivity contribution >= 4 is 33.0 Å². The first-order chi connectivity index (χ1) is 9.49. The van der Waals surface area contributed by atoms with Gasteiger partial charge in [0.2, 0.25) is 0 Å². The van der Waals surface area contributed by atoms with Gasteiger partial charge in [-0.3, -0.25) is 4.79 Å². The Labute approximate surface area is 118 Å². The van der Waals surface area contributed by atoms with E-state index in [1.807, 2.05) is 0 Å². The summed E-state index contributed by atoms with van der Waals surface area (Å²) in [5.41, 5.74) is 5.99. The van der Waals surface area contributed by atoms with Gasteiger partial charge in [0, 0.05) is 17.8 Å². The molecule has 2 unspecified atom stereocenters. The van der Waals surface area contributed by atoms with E-state index in [1.54, 1.807) is 12.1 Å². The Kier molecular flexibility index (Phi) is 3.12. The predicted molar refractivity (Wildman–Crippen MR) is 74.1 cm³/mol. The van der Waals surface area contributed by atoms with Crippen LogP contribution in [0.1, 0.15) is 9.67 Å². The molecule has 0 radical (unpaired) electrons. The third-order valence-electron chi connectivity index (χ3n) is 3.44. The lowest BCUT2D eigenvalue weighted by molar-refractivity contribution is 0.0572. The highest BCUT2D eigenvalue weighted by molar-refractivity contribution is 7.21. The molecule has 20 heavy (non-hydrogen) atoms. The Morgan fingerprint density at radius 3 is 2.60 bits per heavy atom. The van der Waals surface area contributed by atoms with Crippen LogP contribution in [-0.4, -0.2) is 46.3 Å². The molecule has 4 N–H and O–H groups in total. The minimum atomic E-state index is -0.953. The van der Waals surface area contributed by atoms with Crippen LogP contribution in [0, 0.1) is 5.82 Å². The number of amides is 1. The molecule has 1 aromatic carbocycles. The van der Waals surface area contributed by atoms with Gasteiger partial charge in [-0.15, -0.1) is 11.3 Å². The number of β-amino-alcohol motifs (C(OH)–C–C–N with tert-alkyl or cyclic N) is 2. The van der Waals surface area contributed by atoms with E-state index in [0.29, 0.717) is 4.70 Å². The zero-order valence-corrected chi connectivity index (χ0v) is 11.2. The Morgan fingerprint density at radius 1 is 1.35 bits per heavy atom. The number of rotatable bonds is 1. The number of aliphatic hydroxyl groups is 2. The van der Waals surface area contributed by atoms with E-state index < -0.39 is 23.9 Å². The van der Waals surface area contributed by atoms with Crippen LogP contribution in [-0.2, 0) is 0 Å². The van der Waals surface area contributed by atoms with Gasteiger partial charge in [0.05, 0.1) is 23.3 Å². The van der Waals surface area contributed by atoms with Crippen molar-refractivity contribution in [3.63, 3.8) is 0 Å². The van der Waals surface area contributed by atoms with E-state index in [9.17, 15) is 19.4 Å². The fourth-order valence-electron chi connectivity index (χ4n) is 2.37. The summed E-state index contributed by atoms with van der Waals surface area (Å²) in [5, 5.41) is 19.2. The molecule has 106 valence electrons. The van der Waals surface area contributed by atoms with Crippen molar-refractivity contribution in [1.29, 1.82) is 0 Å². The molecule has 1 aliphatic rings. The molecule has 5 nitrogen and oxygen atoms in total. The first-order valence-corrected chi connectivity index (χ1v) is 6.92. The molecule has 2 heterocycles. The number of aliphatic hydroxyl groups excluding tert-OH is 2. The van der Waals surface area contributed by atoms with Crippen LogP contribution in [0.4, 0.5) is 10.1 Å². The van der Waals surface area contributed by atoms with E-state index in [-0.39, 0.29) is 29.0 Å². The van der Waals surface area contributed by atoms with E-state index >= 15 is 0 Å². The van der Waals surface area contributed by atoms with Crippen molar-refractivity contribution in [2.75, 3.05) is 18.8 Å². The molecule has 1 aromatic heterocycles. The lowest BCUT2D eigenvalue weighted by Gasteiger charge is -2.14. The number of carbonyl (C=O) groups is 1. The van der Waals surface area contributed by atoms with Crippen LogP contribution in [0.2, 0.25) is 0 Å². The van der Waals surface area contributed by atoms with Gasteiger partial charge in [-0.1, -0.05) is 6.07 Å².